The highest BCUT2D eigenvalue weighted by molar-refractivity contribution is 5.32. The standard InChI is InChI=1S/C11H20N4/c1-10(2)15-9-6-13-11(15)14-7-3-4-12-5-8-14/h6,9-10,12H,3-5,7-8H2,1-2H3. The minimum absolute atomic E-state index is 0.485. The third-order valence-electron chi connectivity index (χ3n) is 2.83. The molecule has 0 aliphatic carbocycles. The van der Waals surface area contributed by atoms with Crippen LogP contribution in [-0.4, -0.2) is 35.7 Å². The van der Waals surface area contributed by atoms with Crippen molar-refractivity contribution >= 4 is 5.95 Å². The molecule has 4 nitrogen and oxygen atoms in total. The molecule has 0 spiro atoms. The van der Waals surface area contributed by atoms with Gasteiger partial charge in [0, 0.05) is 38.1 Å². The summed E-state index contributed by atoms with van der Waals surface area (Å²) in [5.74, 6) is 1.12. The van der Waals surface area contributed by atoms with E-state index in [0.29, 0.717) is 6.04 Å². The zero-order valence-corrected chi connectivity index (χ0v) is 9.61. The molecule has 2 heterocycles. The Hall–Kier alpha value is -1.03. The Morgan fingerprint density at radius 3 is 3.00 bits per heavy atom. The van der Waals surface area contributed by atoms with Crippen LogP contribution in [0.5, 0.6) is 0 Å². The molecule has 1 aliphatic rings. The summed E-state index contributed by atoms with van der Waals surface area (Å²) in [6.07, 6.45) is 5.16. The van der Waals surface area contributed by atoms with Crippen LogP contribution >= 0.6 is 0 Å². The van der Waals surface area contributed by atoms with Crippen LogP contribution in [0, 0.1) is 0 Å². The minimum atomic E-state index is 0.485. The first kappa shape index (κ1) is 10.5. The molecule has 0 saturated carbocycles. The molecule has 1 aliphatic heterocycles. The number of rotatable bonds is 2. The zero-order valence-electron chi connectivity index (χ0n) is 9.61. The Morgan fingerprint density at radius 1 is 1.33 bits per heavy atom. The van der Waals surface area contributed by atoms with Crippen LogP contribution in [0.2, 0.25) is 0 Å². The van der Waals surface area contributed by atoms with Crippen LogP contribution < -0.4 is 10.2 Å². The highest BCUT2D eigenvalue weighted by atomic mass is 15.3. The van der Waals surface area contributed by atoms with E-state index in [2.05, 4.69) is 39.8 Å². The molecule has 84 valence electrons. The van der Waals surface area contributed by atoms with Gasteiger partial charge in [-0.1, -0.05) is 0 Å². The van der Waals surface area contributed by atoms with Gasteiger partial charge in [0.25, 0.3) is 0 Å². The molecule has 0 atom stereocenters. The summed E-state index contributed by atoms with van der Waals surface area (Å²) in [6.45, 7) is 8.74. The summed E-state index contributed by atoms with van der Waals surface area (Å²) in [7, 11) is 0. The summed E-state index contributed by atoms with van der Waals surface area (Å²) < 4.78 is 2.24. The summed E-state index contributed by atoms with van der Waals surface area (Å²) in [5, 5.41) is 3.41. The molecule has 0 unspecified atom stereocenters. The van der Waals surface area contributed by atoms with Crippen LogP contribution in [0.1, 0.15) is 26.3 Å². The molecule has 0 bridgehead atoms. The number of imidazole rings is 1. The smallest absolute Gasteiger partial charge is 0.205 e. The van der Waals surface area contributed by atoms with E-state index in [1.807, 2.05) is 6.20 Å². The number of hydrogen-bond acceptors (Lipinski definition) is 3. The van der Waals surface area contributed by atoms with Gasteiger partial charge in [-0.3, -0.25) is 0 Å². The average molecular weight is 208 g/mol. The Labute approximate surface area is 91.3 Å². The molecule has 0 amide bonds. The van der Waals surface area contributed by atoms with Gasteiger partial charge in [0.15, 0.2) is 0 Å². The van der Waals surface area contributed by atoms with Crippen molar-refractivity contribution in [3.63, 3.8) is 0 Å². The van der Waals surface area contributed by atoms with E-state index < -0.39 is 0 Å². The molecule has 1 aromatic rings. The lowest BCUT2D eigenvalue weighted by atomic mass is 10.4. The van der Waals surface area contributed by atoms with Crippen LogP contribution in [-0.2, 0) is 0 Å². The normalized spacial score (nSPS) is 18.2. The van der Waals surface area contributed by atoms with E-state index in [0.717, 1.165) is 32.1 Å². The minimum Gasteiger partial charge on any atom is -0.341 e. The largest absolute Gasteiger partial charge is 0.341 e. The maximum Gasteiger partial charge on any atom is 0.205 e. The van der Waals surface area contributed by atoms with E-state index in [9.17, 15) is 0 Å². The van der Waals surface area contributed by atoms with Gasteiger partial charge in [-0.25, -0.2) is 4.98 Å². The predicted octanol–water partition coefficient (Wildman–Crippen LogP) is 1.26. The maximum atomic E-state index is 4.46. The van der Waals surface area contributed by atoms with E-state index in [-0.39, 0.29) is 0 Å². The quantitative estimate of drug-likeness (QED) is 0.794. The number of hydrogen-bond donors (Lipinski definition) is 1. The van der Waals surface area contributed by atoms with Crippen molar-refractivity contribution < 1.29 is 0 Å². The van der Waals surface area contributed by atoms with Crippen molar-refractivity contribution in [2.45, 2.75) is 26.3 Å². The molecule has 1 fully saturated rings. The monoisotopic (exact) mass is 208 g/mol. The fourth-order valence-electron chi connectivity index (χ4n) is 2.00. The molecular formula is C11H20N4. The summed E-state index contributed by atoms with van der Waals surface area (Å²) in [6, 6.07) is 0.485. The van der Waals surface area contributed by atoms with E-state index >= 15 is 0 Å². The lowest BCUT2D eigenvalue weighted by molar-refractivity contribution is 0.585. The van der Waals surface area contributed by atoms with Gasteiger partial charge in [0.05, 0.1) is 0 Å². The fraction of sp³-hybridized carbons (Fsp3) is 0.727. The second kappa shape index (κ2) is 4.66. The first-order valence-electron chi connectivity index (χ1n) is 5.77. The Morgan fingerprint density at radius 2 is 2.20 bits per heavy atom. The van der Waals surface area contributed by atoms with E-state index in [1.165, 1.54) is 6.42 Å². The SMILES string of the molecule is CC(C)n1ccnc1N1CCCNCC1. The van der Waals surface area contributed by atoms with Crippen molar-refractivity contribution in [3.8, 4) is 0 Å². The van der Waals surface area contributed by atoms with Gasteiger partial charge in [-0.15, -0.1) is 0 Å². The van der Waals surface area contributed by atoms with Crippen molar-refractivity contribution in [1.29, 1.82) is 0 Å². The molecule has 1 N–H and O–H groups in total. The van der Waals surface area contributed by atoms with Crippen molar-refractivity contribution in [2.24, 2.45) is 0 Å². The fourth-order valence-corrected chi connectivity index (χ4v) is 2.00. The zero-order chi connectivity index (χ0) is 10.7. The van der Waals surface area contributed by atoms with Gasteiger partial charge in [-0.05, 0) is 26.8 Å². The highest BCUT2D eigenvalue weighted by Crippen LogP contribution is 2.17. The number of nitrogens with one attached hydrogen (secondary N) is 1. The number of anilines is 1. The van der Waals surface area contributed by atoms with Gasteiger partial charge < -0.3 is 14.8 Å². The topological polar surface area (TPSA) is 33.1 Å². The van der Waals surface area contributed by atoms with Gasteiger partial charge in [-0.2, -0.15) is 0 Å². The number of aromatic nitrogens is 2. The lowest BCUT2D eigenvalue weighted by Crippen LogP contribution is -2.30. The third kappa shape index (κ3) is 2.31. The Kier molecular flexibility index (Phi) is 3.26. The Balaban J connectivity index is 2.15. The van der Waals surface area contributed by atoms with Crippen molar-refractivity contribution in [1.82, 2.24) is 14.9 Å². The molecule has 0 aromatic carbocycles. The highest BCUT2D eigenvalue weighted by Gasteiger charge is 2.15. The van der Waals surface area contributed by atoms with Crippen LogP contribution in [0.15, 0.2) is 12.4 Å². The van der Waals surface area contributed by atoms with Gasteiger partial charge in [0.1, 0.15) is 0 Å². The number of nitrogens with zero attached hydrogens (tertiary/aromatic N) is 3. The van der Waals surface area contributed by atoms with E-state index in [1.54, 1.807) is 0 Å². The van der Waals surface area contributed by atoms with E-state index in [4.69, 9.17) is 0 Å². The summed E-state index contributed by atoms with van der Waals surface area (Å²) in [5.41, 5.74) is 0. The molecule has 0 radical (unpaired) electrons. The predicted molar refractivity (Wildman–Crippen MR) is 62.3 cm³/mol. The molecule has 1 saturated heterocycles. The van der Waals surface area contributed by atoms with Crippen molar-refractivity contribution in [3.05, 3.63) is 12.4 Å². The first-order chi connectivity index (χ1) is 7.29. The van der Waals surface area contributed by atoms with Gasteiger partial charge >= 0.3 is 0 Å². The van der Waals surface area contributed by atoms with Crippen LogP contribution in [0.3, 0.4) is 0 Å². The summed E-state index contributed by atoms with van der Waals surface area (Å²) in [4.78, 5) is 6.84. The van der Waals surface area contributed by atoms with Crippen LogP contribution in [0.25, 0.3) is 0 Å². The van der Waals surface area contributed by atoms with Crippen molar-refractivity contribution in [2.75, 3.05) is 31.1 Å². The molecule has 1 aromatic heterocycles. The molecule has 4 heteroatoms. The Bertz CT molecular complexity index is 297. The molecule has 15 heavy (non-hydrogen) atoms. The van der Waals surface area contributed by atoms with Crippen LogP contribution in [0.4, 0.5) is 5.95 Å². The van der Waals surface area contributed by atoms with Gasteiger partial charge in [0.2, 0.25) is 5.95 Å². The summed E-state index contributed by atoms with van der Waals surface area (Å²) >= 11 is 0. The third-order valence-corrected chi connectivity index (χ3v) is 2.83. The second-order valence-corrected chi connectivity index (χ2v) is 4.32. The molecule has 2 rings (SSSR count). The first-order valence-corrected chi connectivity index (χ1v) is 5.77. The lowest BCUT2D eigenvalue weighted by Gasteiger charge is -2.23. The maximum absolute atomic E-state index is 4.46. The molecular weight excluding hydrogens is 188 g/mol. The average Bonchev–Trinajstić information content (AvgIpc) is 2.55. The second-order valence-electron chi connectivity index (χ2n) is 4.32.